The van der Waals surface area contributed by atoms with Crippen LogP contribution in [0.3, 0.4) is 0 Å². The zero-order valence-corrected chi connectivity index (χ0v) is 6.58. The molecule has 1 unspecified atom stereocenters. The SMILES string of the molecule is CCC1=C[C@H]2C(=O)C[C@H]2C1O. The number of aliphatic hydroxyl groups is 1. The summed E-state index contributed by atoms with van der Waals surface area (Å²) in [5, 5.41) is 9.58. The van der Waals surface area contributed by atoms with Crippen molar-refractivity contribution in [2.45, 2.75) is 25.9 Å². The van der Waals surface area contributed by atoms with Gasteiger partial charge >= 0.3 is 0 Å². The summed E-state index contributed by atoms with van der Waals surface area (Å²) >= 11 is 0. The van der Waals surface area contributed by atoms with Gasteiger partial charge in [-0.1, -0.05) is 13.0 Å². The third-order valence-electron chi connectivity index (χ3n) is 2.86. The summed E-state index contributed by atoms with van der Waals surface area (Å²) in [6, 6.07) is 0. The number of ketones is 1. The Kier molecular flexibility index (Phi) is 1.39. The zero-order valence-electron chi connectivity index (χ0n) is 6.58. The van der Waals surface area contributed by atoms with Gasteiger partial charge < -0.3 is 5.11 Å². The first kappa shape index (κ1) is 7.04. The van der Waals surface area contributed by atoms with Crippen molar-refractivity contribution in [1.82, 2.24) is 0 Å². The van der Waals surface area contributed by atoms with Crippen LogP contribution in [0.25, 0.3) is 0 Å². The van der Waals surface area contributed by atoms with Crippen molar-refractivity contribution < 1.29 is 9.90 Å². The molecule has 0 aromatic heterocycles. The highest BCUT2D eigenvalue weighted by Crippen LogP contribution is 2.43. The highest BCUT2D eigenvalue weighted by molar-refractivity contribution is 5.90. The van der Waals surface area contributed by atoms with E-state index in [1.54, 1.807) is 0 Å². The minimum atomic E-state index is -0.317. The second-order valence-corrected chi connectivity index (χ2v) is 3.40. The van der Waals surface area contributed by atoms with Crippen LogP contribution in [0.5, 0.6) is 0 Å². The van der Waals surface area contributed by atoms with Gasteiger partial charge in [0.15, 0.2) is 0 Å². The number of carbonyl (C=O) groups is 1. The Labute approximate surface area is 65.9 Å². The van der Waals surface area contributed by atoms with E-state index in [9.17, 15) is 9.90 Å². The van der Waals surface area contributed by atoms with Crippen molar-refractivity contribution in [2.75, 3.05) is 0 Å². The fourth-order valence-corrected chi connectivity index (χ4v) is 2.03. The molecule has 0 bridgehead atoms. The van der Waals surface area contributed by atoms with Crippen molar-refractivity contribution in [3.05, 3.63) is 11.6 Å². The van der Waals surface area contributed by atoms with E-state index >= 15 is 0 Å². The summed E-state index contributed by atoms with van der Waals surface area (Å²) in [6.07, 6.45) is 3.11. The van der Waals surface area contributed by atoms with Crippen molar-refractivity contribution in [3.8, 4) is 0 Å². The van der Waals surface area contributed by atoms with E-state index in [2.05, 4.69) is 0 Å². The molecule has 3 atom stereocenters. The Hall–Kier alpha value is -0.630. The molecule has 0 aliphatic heterocycles. The van der Waals surface area contributed by atoms with Crippen LogP contribution >= 0.6 is 0 Å². The van der Waals surface area contributed by atoms with Crippen LogP contribution in [0.1, 0.15) is 19.8 Å². The molecule has 2 rings (SSSR count). The summed E-state index contributed by atoms with van der Waals surface area (Å²) < 4.78 is 0. The van der Waals surface area contributed by atoms with E-state index in [0.29, 0.717) is 12.2 Å². The summed E-state index contributed by atoms with van der Waals surface area (Å²) in [5.74, 6) is 0.606. The second-order valence-electron chi connectivity index (χ2n) is 3.40. The fourth-order valence-electron chi connectivity index (χ4n) is 2.03. The molecule has 2 nitrogen and oxygen atoms in total. The highest BCUT2D eigenvalue weighted by atomic mass is 16.3. The molecule has 0 spiro atoms. The van der Waals surface area contributed by atoms with Crippen LogP contribution in [-0.4, -0.2) is 17.0 Å². The molecule has 0 aromatic rings. The summed E-state index contributed by atoms with van der Waals surface area (Å²) in [7, 11) is 0. The van der Waals surface area contributed by atoms with Crippen LogP contribution < -0.4 is 0 Å². The van der Waals surface area contributed by atoms with Crippen LogP contribution in [0.15, 0.2) is 11.6 Å². The van der Waals surface area contributed by atoms with Crippen molar-refractivity contribution >= 4 is 5.78 Å². The molecule has 1 fully saturated rings. The molecule has 2 aliphatic carbocycles. The third kappa shape index (κ3) is 0.791. The normalized spacial score (nSPS) is 41.5. The number of aliphatic hydroxyl groups excluding tert-OH is 1. The average molecular weight is 152 g/mol. The van der Waals surface area contributed by atoms with Gasteiger partial charge in [-0.3, -0.25) is 4.79 Å². The molecule has 0 aromatic carbocycles. The highest BCUT2D eigenvalue weighted by Gasteiger charge is 2.47. The van der Waals surface area contributed by atoms with Gasteiger partial charge in [0.05, 0.1) is 6.10 Å². The van der Waals surface area contributed by atoms with Crippen LogP contribution in [0.2, 0.25) is 0 Å². The van der Waals surface area contributed by atoms with Gasteiger partial charge in [0, 0.05) is 18.3 Å². The first-order chi connectivity index (χ1) is 5.24. The Balaban J connectivity index is 2.19. The van der Waals surface area contributed by atoms with E-state index in [1.807, 2.05) is 13.0 Å². The van der Waals surface area contributed by atoms with Gasteiger partial charge in [0.25, 0.3) is 0 Å². The van der Waals surface area contributed by atoms with Gasteiger partial charge in [0.1, 0.15) is 5.78 Å². The minimum absolute atomic E-state index is 0.0694. The summed E-state index contributed by atoms with van der Waals surface area (Å²) in [4.78, 5) is 11.0. The van der Waals surface area contributed by atoms with Gasteiger partial charge in [0.2, 0.25) is 0 Å². The van der Waals surface area contributed by atoms with E-state index in [0.717, 1.165) is 12.0 Å². The molecule has 2 aliphatic rings. The Morgan fingerprint density at radius 3 is 2.91 bits per heavy atom. The first-order valence-corrected chi connectivity index (χ1v) is 4.15. The molecular formula is C9H12O2. The maximum atomic E-state index is 11.0. The smallest absolute Gasteiger partial charge is 0.140 e. The van der Waals surface area contributed by atoms with Gasteiger partial charge in [-0.25, -0.2) is 0 Å². The topological polar surface area (TPSA) is 37.3 Å². The maximum absolute atomic E-state index is 11.0. The lowest BCUT2D eigenvalue weighted by molar-refractivity contribution is -0.133. The lowest BCUT2D eigenvalue weighted by Gasteiger charge is -2.30. The standard InChI is InChI=1S/C9H12O2/c1-2-5-3-6-7(9(5)11)4-8(6)10/h3,6-7,9,11H,2,4H2,1H3/t6-,7-,9?/m1/s1. The van der Waals surface area contributed by atoms with Crippen LogP contribution in [-0.2, 0) is 4.79 Å². The Morgan fingerprint density at radius 1 is 1.73 bits per heavy atom. The Bertz CT molecular complexity index is 230. The number of hydrogen-bond donors (Lipinski definition) is 1. The molecule has 1 N–H and O–H groups in total. The summed E-state index contributed by atoms with van der Waals surface area (Å²) in [6.45, 7) is 2.02. The summed E-state index contributed by atoms with van der Waals surface area (Å²) in [5.41, 5.74) is 1.06. The van der Waals surface area contributed by atoms with Crippen molar-refractivity contribution in [2.24, 2.45) is 11.8 Å². The molecule has 0 heterocycles. The monoisotopic (exact) mass is 152 g/mol. The second kappa shape index (κ2) is 2.18. The maximum Gasteiger partial charge on any atom is 0.140 e. The van der Waals surface area contributed by atoms with Gasteiger partial charge in [-0.15, -0.1) is 0 Å². The van der Waals surface area contributed by atoms with E-state index in [-0.39, 0.29) is 17.9 Å². The number of hydrogen-bond acceptors (Lipinski definition) is 2. The molecule has 60 valence electrons. The lowest BCUT2D eigenvalue weighted by Crippen LogP contribution is -2.38. The van der Waals surface area contributed by atoms with Crippen molar-refractivity contribution in [3.63, 3.8) is 0 Å². The quantitative estimate of drug-likeness (QED) is 0.567. The van der Waals surface area contributed by atoms with E-state index in [4.69, 9.17) is 0 Å². The molecular weight excluding hydrogens is 140 g/mol. The number of allylic oxidation sites excluding steroid dienone is 1. The number of rotatable bonds is 1. The van der Waals surface area contributed by atoms with Gasteiger partial charge in [-0.2, -0.15) is 0 Å². The minimum Gasteiger partial charge on any atom is -0.388 e. The molecule has 0 amide bonds. The molecule has 11 heavy (non-hydrogen) atoms. The predicted octanol–water partition coefficient (Wildman–Crippen LogP) is 0.903. The molecule has 1 saturated carbocycles. The van der Waals surface area contributed by atoms with Gasteiger partial charge in [-0.05, 0) is 12.0 Å². The largest absolute Gasteiger partial charge is 0.388 e. The Morgan fingerprint density at radius 2 is 2.45 bits per heavy atom. The molecule has 0 saturated heterocycles. The lowest BCUT2D eigenvalue weighted by atomic mass is 9.73. The first-order valence-electron chi connectivity index (χ1n) is 4.15. The van der Waals surface area contributed by atoms with Crippen LogP contribution in [0.4, 0.5) is 0 Å². The molecule has 2 heteroatoms. The predicted molar refractivity (Wildman–Crippen MR) is 41.0 cm³/mol. The van der Waals surface area contributed by atoms with Crippen LogP contribution in [0, 0.1) is 11.8 Å². The molecule has 0 radical (unpaired) electrons. The average Bonchev–Trinajstić information content (AvgIpc) is 2.24. The van der Waals surface area contributed by atoms with E-state index < -0.39 is 0 Å². The third-order valence-corrected chi connectivity index (χ3v) is 2.86. The number of carbonyl (C=O) groups excluding carboxylic acids is 1. The zero-order chi connectivity index (χ0) is 8.01. The van der Waals surface area contributed by atoms with E-state index in [1.165, 1.54) is 0 Å². The van der Waals surface area contributed by atoms with Crippen molar-refractivity contribution in [1.29, 1.82) is 0 Å². The number of fused-ring (bicyclic) bond motifs is 1. The number of Topliss-reactive ketones (excluding diaryl/α,β-unsaturated/α-hetero) is 1. The fraction of sp³-hybridized carbons (Fsp3) is 0.667.